The third-order valence-electron chi connectivity index (χ3n) is 4.85. The lowest BCUT2D eigenvalue weighted by molar-refractivity contribution is -0.147. The molecule has 0 atom stereocenters. The number of rotatable bonds is 5. The second-order valence-electron chi connectivity index (χ2n) is 6.80. The highest BCUT2D eigenvalue weighted by Crippen LogP contribution is 2.27. The normalized spacial score (nSPS) is 15.1. The van der Waals surface area contributed by atoms with Gasteiger partial charge >= 0.3 is 5.97 Å². The van der Waals surface area contributed by atoms with Gasteiger partial charge in [0.1, 0.15) is 17.5 Å². The fraction of sp³-hybridized carbons (Fsp3) is 0.400. The van der Waals surface area contributed by atoms with E-state index in [0.717, 1.165) is 53.0 Å². The predicted octanol–water partition coefficient (Wildman–Crippen LogP) is 4.09. The van der Waals surface area contributed by atoms with E-state index in [2.05, 4.69) is 15.1 Å². The van der Waals surface area contributed by atoms with E-state index in [1.165, 1.54) is 24.5 Å². The van der Waals surface area contributed by atoms with Crippen LogP contribution in [0.2, 0.25) is 0 Å². The van der Waals surface area contributed by atoms with Crippen molar-refractivity contribution in [2.75, 3.05) is 5.75 Å². The van der Waals surface area contributed by atoms with Gasteiger partial charge in [0.05, 0.1) is 23.0 Å². The number of carbonyl (C=O) groups is 1. The van der Waals surface area contributed by atoms with Crippen LogP contribution in [0.4, 0.5) is 0 Å². The zero-order chi connectivity index (χ0) is 18.6. The Morgan fingerprint density at radius 2 is 2.04 bits per heavy atom. The van der Waals surface area contributed by atoms with Gasteiger partial charge in [-0.25, -0.2) is 14.6 Å². The van der Waals surface area contributed by atoms with E-state index in [0.29, 0.717) is 0 Å². The Labute approximate surface area is 162 Å². The molecule has 140 valence electrons. The molecule has 2 aromatic heterocycles. The Kier molecular flexibility index (Phi) is 5.38. The summed E-state index contributed by atoms with van der Waals surface area (Å²) in [7, 11) is 0. The van der Waals surface area contributed by atoms with Crippen molar-refractivity contribution in [2.45, 2.75) is 50.2 Å². The number of thioether (sulfide) groups is 1. The van der Waals surface area contributed by atoms with Crippen LogP contribution >= 0.6 is 11.8 Å². The molecule has 0 N–H and O–H groups in total. The molecule has 1 aliphatic rings. The lowest BCUT2D eigenvalue weighted by atomic mass is 9.98. The number of aromatic nitrogens is 4. The summed E-state index contributed by atoms with van der Waals surface area (Å²) in [6.45, 7) is 2.04. The number of esters is 1. The third-order valence-corrected chi connectivity index (χ3v) is 5.83. The van der Waals surface area contributed by atoms with Crippen molar-refractivity contribution in [2.24, 2.45) is 0 Å². The zero-order valence-electron chi connectivity index (χ0n) is 15.3. The number of ether oxygens (including phenoxy) is 1. The number of carbonyl (C=O) groups excluding carboxylic acids is 1. The number of hydrogen-bond donors (Lipinski definition) is 0. The molecule has 4 rings (SSSR count). The summed E-state index contributed by atoms with van der Waals surface area (Å²) in [6, 6.07) is 8.03. The lowest BCUT2D eigenvalue weighted by Gasteiger charge is -2.21. The SMILES string of the molecule is Cc1ccccc1-n1ncc2c(SCC(=O)OC3CCCCC3)ncnc21. The maximum absolute atomic E-state index is 12.2. The molecule has 0 bridgehead atoms. The smallest absolute Gasteiger partial charge is 0.316 e. The first kappa shape index (κ1) is 18.0. The molecular weight excluding hydrogens is 360 g/mol. The summed E-state index contributed by atoms with van der Waals surface area (Å²) in [6.07, 6.45) is 8.87. The monoisotopic (exact) mass is 382 g/mol. The topological polar surface area (TPSA) is 69.9 Å². The van der Waals surface area contributed by atoms with Crippen molar-refractivity contribution in [3.63, 3.8) is 0 Å². The molecule has 3 aromatic rings. The van der Waals surface area contributed by atoms with Crippen LogP contribution in [-0.2, 0) is 9.53 Å². The van der Waals surface area contributed by atoms with Gasteiger partial charge in [-0.3, -0.25) is 4.79 Å². The molecule has 27 heavy (non-hydrogen) atoms. The first-order valence-corrected chi connectivity index (χ1v) is 10.3. The fourth-order valence-electron chi connectivity index (χ4n) is 3.45. The summed E-state index contributed by atoms with van der Waals surface area (Å²) in [5.74, 6) is 0.0722. The van der Waals surface area contributed by atoms with Gasteiger partial charge in [-0.1, -0.05) is 36.4 Å². The zero-order valence-corrected chi connectivity index (χ0v) is 16.1. The van der Waals surface area contributed by atoms with Crippen molar-refractivity contribution in [1.82, 2.24) is 19.7 Å². The number of nitrogens with zero attached hydrogens (tertiary/aromatic N) is 4. The maximum atomic E-state index is 12.2. The fourth-order valence-corrected chi connectivity index (χ4v) is 4.19. The summed E-state index contributed by atoms with van der Waals surface area (Å²) in [4.78, 5) is 20.9. The average Bonchev–Trinajstić information content (AvgIpc) is 3.12. The maximum Gasteiger partial charge on any atom is 0.316 e. The van der Waals surface area contributed by atoms with E-state index in [4.69, 9.17) is 4.74 Å². The quantitative estimate of drug-likeness (QED) is 0.376. The Hall–Kier alpha value is -2.41. The molecule has 0 saturated heterocycles. The van der Waals surface area contributed by atoms with E-state index in [-0.39, 0.29) is 17.8 Å². The van der Waals surface area contributed by atoms with E-state index in [1.54, 1.807) is 6.20 Å². The highest BCUT2D eigenvalue weighted by molar-refractivity contribution is 8.00. The summed E-state index contributed by atoms with van der Waals surface area (Å²) < 4.78 is 7.41. The second-order valence-corrected chi connectivity index (χ2v) is 7.76. The highest BCUT2D eigenvalue weighted by Gasteiger charge is 2.19. The van der Waals surface area contributed by atoms with Gasteiger partial charge in [0.2, 0.25) is 0 Å². The van der Waals surface area contributed by atoms with Crippen LogP contribution in [0.1, 0.15) is 37.7 Å². The molecule has 2 heterocycles. The molecule has 0 aliphatic heterocycles. The minimum absolute atomic E-state index is 0.0843. The van der Waals surface area contributed by atoms with Crippen LogP contribution in [0.15, 0.2) is 41.8 Å². The molecule has 0 radical (unpaired) electrons. The standard InChI is InChI=1S/C20H22N4O2S/c1-14-7-5-6-10-17(14)24-19-16(11-23-24)20(22-13-21-19)27-12-18(25)26-15-8-3-2-4-9-15/h5-7,10-11,13,15H,2-4,8-9,12H2,1H3. The van der Waals surface area contributed by atoms with Crippen LogP contribution in [0.25, 0.3) is 16.7 Å². The van der Waals surface area contributed by atoms with E-state index >= 15 is 0 Å². The third kappa shape index (κ3) is 3.98. The average molecular weight is 382 g/mol. The van der Waals surface area contributed by atoms with E-state index in [1.807, 2.05) is 35.9 Å². The molecule has 0 amide bonds. The van der Waals surface area contributed by atoms with Gasteiger partial charge in [-0.05, 0) is 44.2 Å². The van der Waals surface area contributed by atoms with E-state index in [9.17, 15) is 4.79 Å². The molecule has 1 aromatic carbocycles. The number of aryl methyl sites for hydroxylation is 1. The van der Waals surface area contributed by atoms with Crippen molar-refractivity contribution >= 4 is 28.8 Å². The first-order valence-electron chi connectivity index (χ1n) is 9.29. The second kappa shape index (κ2) is 8.08. The Morgan fingerprint density at radius 1 is 1.22 bits per heavy atom. The first-order chi connectivity index (χ1) is 13.2. The van der Waals surface area contributed by atoms with Crippen LogP contribution in [-0.4, -0.2) is 37.6 Å². The number of hydrogen-bond acceptors (Lipinski definition) is 6. The Balaban J connectivity index is 1.50. The predicted molar refractivity (Wildman–Crippen MR) is 105 cm³/mol. The molecule has 1 aliphatic carbocycles. The molecule has 7 heteroatoms. The molecule has 6 nitrogen and oxygen atoms in total. The number of benzene rings is 1. The van der Waals surface area contributed by atoms with E-state index < -0.39 is 0 Å². The Bertz CT molecular complexity index is 950. The van der Waals surface area contributed by atoms with Crippen molar-refractivity contribution < 1.29 is 9.53 Å². The number of para-hydroxylation sites is 1. The number of fused-ring (bicyclic) bond motifs is 1. The van der Waals surface area contributed by atoms with Gasteiger partial charge in [0.15, 0.2) is 5.65 Å². The summed E-state index contributed by atoms with van der Waals surface area (Å²) in [5, 5.41) is 6.09. The molecule has 1 fully saturated rings. The Morgan fingerprint density at radius 3 is 2.85 bits per heavy atom. The van der Waals surface area contributed by atoms with Crippen LogP contribution < -0.4 is 0 Å². The van der Waals surface area contributed by atoms with Crippen molar-refractivity contribution in [3.05, 3.63) is 42.4 Å². The van der Waals surface area contributed by atoms with Gasteiger partial charge in [0, 0.05) is 0 Å². The van der Waals surface area contributed by atoms with Crippen LogP contribution in [0, 0.1) is 6.92 Å². The van der Waals surface area contributed by atoms with Gasteiger partial charge in [-0.2, -0.15) is 5.10 Å². The highest BCUT2D eigenvalue weighted by atomic mass is 32.2. The molecule has 0 unspecified atom stereocenters. The van der Waals surface area contributed by atoms with Gasteiger partial charge < -0.3 is 4.74 Å². The minimum Gasteiger partial charge on any atom is -0.462 e. The minimum atomic E-state index is -0.176. The lowest BCUT2D eigenvalue weighted by Crippen LogP contribution is -2.21. The van der Waals surface area contributed by atoms with Gasteiger partial charge in [0.25, 0.3) is 0 Å². The van der Waals surface area contributed by atoms with Gasteiger partial charge in [-0.15, -0.1) is 0 Å². The van der Waals surface area contributed by atoms with Crippen molar-refractivity contribution in [3.8, 4) is 5.69 Å². The van der Waals surface area contributed by atoms with Crippen LogP contribution in [0.5, 0.6) is 0 Å². The van der Waals surface area contributed by atoms with Crippen molar-refractivity contribution in [1.29, 1.82) is 0 Å². The summed E-state index contributed by atoms with van der Waals surface area (Å²) in [5.41, 5.74) is 2.84. The van der Waals surface area contributed by atoms with Crippen LogP contribution in [0.3, 0.4) is 0 Å². The largest absolute Gasteiger partial charge is 0.462 e. The molecule has 0 spiro atoms. The molecular formula is C20H22N4O2S. The molecule has 1 saturated carbocycles. The summed E-state index contributed by atoms with van der Waals surface area (Å²) >= 11 is 1.38.